The van der Waals surface area contributed by atoms with Gasteiger partial charge in [-0.2, -0.15) is 0 Å². The molecule has 3 aromatic rings. The summed E-state index contributed by atoms with van der Waals surface area (Å²) in [6.45, 7) is 8.48. The van der Waals surface area contributed by atoms with E-state index in [1.807, 2.05) is 30.2 Å². The summed E-state index contributed by atoms with van der Waals surface area (Å²) in [5, 5.41) is 3.36. The number of nitrogens with one attached hydrogen (secondary N) is 1. The number of ether oxygens (including phenoxy) is 1. The van der Waals surface area contributed by atoms with Gasteiger partial charge in [-0.05, 0) is 39.0 Å². The van der Waals surface area contributed by atoms with E-state index in [9.17, 15) is 4.79 Å². The molecule has 1 aliphatic heterocycles. The number of hydrogen-bond acceptors (Lipinski definition) is 8. The Morgan fingerprint density at radius 2 is 2.00 bits per heavy atom. The van der Waals surface area contributed by atoms with Gasteiger partial charge in [-0.3, -0.25) is 4.79 Å². The van der Waals surface area contributed by atoms with Gasteiger partial charge in [0.05, 0.1) is 18.3 Å². The molecule has 2 aliphatic rings. The van der Waals surface area contributed by atoms with Crippen molar-refractivity contribution in [1.29, 1.82) is 0 Å². The lowest BCUT2D eigenvalue weighted by Gasteiger charge is -2.35. The molecule has 5 rings (SSSR count). The standard InChI is InChI=1S/C23H30N8O2/c1-4-17(23(32)30-8-9-33-18(12-30)15-6-7-15)28-20-19-22(27-13-26-20)31(5-2)21(29-19)16-10-24-14(3)25-11-16/h10-11,13,15,17-18H,4-9,12H2,1-3H3,(H,26,27,28)/t17-,18-/m1/s1. The predicted octanol–water partition coefficient (Wildman–Crippen LogP) is 2.44. The van der Waals surface area contributed by atoms with E-state index in [4.69, 9.17) is 9.72 Å². The Balaban J connectivity index is 1.42. The van der Waals surface area contributed by atoms with Crippen molar-refractivity contribution in [2.24, 2.45) is 5.92 Å². The number of aryl methyl sites for hydroxylation is 2. The lowest BCUT2D eigenvalue weighted by Crippen LogP contribution is -2.51. The second-order valence-electron chi connectivity index (χ2n) is 8.73. The molecule has 0 radical (unpaired) electrons. The fourth-order valence-corrected chi connectivity index (χ4v) is 4.42. The Hall–Kier alpha value is -3.14. The minimum Gasteiger partial charge on any atom is -0.374 e. The number of morpholine rings is 1. The smallest absolute Gasteiger partial charge is 0.245 e. The van der Waals surface area contributed by atoms with Crippen LogP contribution in [0.25, 0.3) is 22.6 Å². The number of amides is 1. The van der Waals surface area contributed by atoms with Crippen molar-refractivity contribution in [3.05, 3.63) is 24.5 Å². The van der Waals surface area contributed by atoms with E-state index in [0.717, 1.165) is 11.4 Å². The van der Waals surface area contributed by atoms with Crippen molar-refractivity contribution in [3.8, 4) is 11.4 Å². The summed E-state index contributed by atoms with van der Waals surface area (Å²) < 4.78 is 7.91. The van der Waals surface area contributed by atoms with Gasteiger partial charge in [-0.1, -0.05) is 6.92 Å². The average Bonchev–Trinajstić information content (AvgIpc) is 3.63. The molecule has 174 valence electrons. The lowest BCUT2D eigenvalue weighted by molar-refractivity contribution is -0.140. The average molecular weight is 451 g/mol. The molecule has 0 bridgehead atoms. The van der Waals surface area contributed by atoms with Crippen molar-refractivity contribution in [2.45, 2.75) is 58.7 Å². The molecule has 10 heteroatoms. The fraction of sp³-hybridized carbons (Fsp3) is 0.565. The molecule has 2 atom stereocenters. The van der Waals surface area contributed by atoms with E-state index in [1.165, 1.54) is 19.2 Å². The molecule has 1 amide bonds. The number of fused-ring (bicyclic) bond motifs is 1. The van der Waals surface area contributed by atoms with E-state index < -0.39 is 0 Å². The zero-order valence-corrected chi connectivity index (χ0v) is 19.4. The number of anilines is 1. The largest absolute Gasteiger partial charge is 0.374 e. The first kappa shape index (κ1) is 21.7. The van der Waals surface area contributed by atoms with Gasteiger partial charge < -0.3 is 19.5 Å². The van der Waals surface area contributed by atoms with Crippen LogP contribution in [0, 0.1) is 12.8 Å². The van der Waals surface area contributed by atoms with Crippen LogP contribution in [0.5, 0.6) is 0 Å². The topological polar surface area (TPSA) is 111 Å². The highest BCUT2D eigenvalue weighted by Gasteiger charge is 2.37. The maximum Gasteiger partial charge on any atom is 0.245 e. The van der Waals surface area contributed by atoms with Gasteiger partial charge in [0.2, 0.25) is 5.91 Å². The highest BCUT2D eigenvalue weighted by atomic mass is 16.5. The number of nitrogens with zero attached hydrogens (tertiary/aromatic N) is 7. The molecule has 0 spiro atoms. The van der Waals surface area contributed by atoms with Gasteiger partial charge in [-0.25, -0.2) is 24.9 Å². The van der Waals surface area contributed by atoms with E-state index in [0.29, 0.717) is 61.4 Å². The number of carbonyl (C=O) groups excluding carboxylic acids is 1. The van der Waals surface area contributed by atoms with Crippen LogP contribution < -0.4 is 5.32 Å². The molecule has 1 N–H and O–H groups in total. The third kappa shape index (κ3) is 4.27. The minimum atomic E-state index is -0.390. The Kier molecular flexibility index (Phi) is 5.92. The number of imidazole rings is 1. The number of aromatic nitrogens is 6. The Bertz CT molecular complexity index is 1140. The van der Waals surface area contributed by atoms with Crippen molar-refractivity contribution >= 4 is 22.9 Å². The monoisotopic (exact) mass is 450 g/mol. The second kappa shape index (κ2) is 9.01. The number of hydrogen-bond donors (Lipinski definition) is 1. The van der Waals surface area contributed by atoms with E-state index in [1.54, 1.807) is 12.4 Å². The fourth-order valence-electron chi connectivity index (χ4n) is 4.42. The Labute approximate surface area is 192 Å². The van der Waals surface area contributed by atoms with Crippen LogP contribution in [-0.2, 0) is 16.1 Å². The summed E-state index contributed by atoms with van der Waals surface area (Å²) in [7, 11) is 0. The van der Waals surface area contributed by atoms with E-state index in [2.05, 4.69) is 25.3 Å². The highest BCUT2D eigenvalue weighted by molar-refractivity contribution is 5.90. The van der Waals surface area contributed by atoms with Crippen molar-refractivity contribution in [3.63, 3.8) is 0 Å². The maximum atomic E-state index is 13.4. The molecule has 1 saturated carbocycles. The zero-order chi connectivity index (χ0) is 22.9. The van der Waals surface area contributed by atoms with Crippen LogP contribution in [0.3, 0.4) is 0 Å². The molecule has 0 unspecified atom stereocenters. The van der Waals surface area contributed by atoms with E-state index >= 15 is 0 Å². The Morgan fingerprint density at radius 1 is 1.21 bits per heavy atom. The summed E-state index contributed by atoms with van der Waals surface area (Å²) in [5.74, 6) is 2.69. The molecule has 1 saturated heterocycles. The summed E-state index contributed by atoms with van der Waals surface area (Å²) >= 11 is 0. The normalized spacial score (nSPS) is 19.6. The first-order valence-corrected chi connectivity index (χ1v) is 11.8. The SMILES string of the molecule is CC[C@@H](Nc1ncnc2c1nc(-c1cnc(C)nc1)n2CC)C(=O)N1CCO[C@@H](C2CC2)C1. The first-order valence-electron chi connectivity index (χ1n) is 11.8. The molecular weight excluding hydrogens is 420 g/mol. The molecule has 33 heavy (non-hydrogen) atoms. The van der Waals surface area contributed by atoms with Gasteiger partial charge in [0.25, 0.3) is 0 Å². The summed E-state index contributed by atoms with van der Waals surface area (Å²) in [5.41, 5.74) is 2.17. The highest BCUT2D eigenvalue weighted by Crippen LogP contribution is 2.36. The quantitative estimate of drug-likeness (QED) is 0.584. The first-order chi connectivity index (χ1) is 16.1. The lowest BCUT2D eigenvalue weighted by atomic mass is 10.1. The van der Waals surface area contributed by atoms with Crippen LogP contribution in [0.1, 0.15) is 38.9 Å². The molecular formula is C23H30N8O2. The molecule has 2 fully saturated rings. The summed E-state index contributed by atoms with van der Waals surface area (Å²) in [6, 6.07) is -0.390. The number of rotatable bonds is 7. The van der Waals surface area contributed by atoms with Crippen LogP contribution in [0.15, 0.2) is 18.7 Å². The van der Waals surface area contributed by atoms with Gasteiger partial charge in [0.1, 0.15) is 24.0 Å². The predicted molar refractivity (Wildman–Crippen MR) is 124 cm³/mol. The van der Waals surface area contributed by atoms with Crippen molar-refractivity contribution in [2.75, 3.05) is 25.0 Å². The zero-order valence-electron chi connectivity index (χ0n) is 19.4. The van der Waals surface area contributed by atoms with Crippen LogP contribution in [0.4, 0.5) is 5.82 Å². The number of carbonyl (C=O) groups is 1. The Morgan fingerprint density at radius 3 is 2.70 bits per heavy atom. The van der Waals surface area contributed by atoms with Crippen LogP contribution in [-0.4, -0.2) is 72.1 Å². The third-order valence-electron chi connectivity index (χ3n) is 6.46. The van der Waals surface area contributed by atoms with E-state index in [-0.39, 0.29) is 18.1 Å². The van der Waals surface area contributed by atoms with Crippen molar-refractivity contribution < 1.29 is 9.53 Å². The second-order valence-corrected chi connectivity index (χ2v) is 8.73. The molecule has 3 aromatic heterocycles. The minimum absolute atomic E-state index is 0.0836. The van der Waals surface area contributed by atoms with Crippen LogP contribution >= 0.6 is 0 Å². The molecule has 10 nitrogen and oxygen atoms in total. The summed E-state index contributed by atoms with van der Waals surface area (Å²) in [4.78, 5) is 37.7. The van der Waals surface area contributed by atoms with Crippen LogP contribution in [0.2, 0.25) is 0 Å². The van der Waals surface area contributed by atoms with Gasteiger partial charge >= 0.3 is 0 Å². The van der Waals surface area contributed by atoms with Gasteiger partial charge in [0.15, 0.2) is 17.0 Å². The molecule has 1 aliphatic carbocycles. The maximum absolute atomic E-state index is 13.4. The molecule has 0 aromatic carbocycles. The van der Waals surface area contributed by atoms with Crippen molar-refractivity contribution in [1.82, 2.24) is 34.4 Å². The summed E-state index contributed by atoms with van der Waals surface area (Å²) in [6.07, 6.45) is 8.27. The van der Waals surface area contributed by atoms with Gasteiger partial charge in [0, 0.05) is 32.0 Å². The molecule has 4 heterocycles. The van der Waals surface area contributed by atoms with Gasteiger partial charge in [-0.15, -0.1) is 0 Å². The third-order valence-corrected chi connectivity index (χ3v) is 6.46.